The van der Waals surface area contributed by atoms with Crippen molar-refractivity contribution in [1.82, 2.24) is 25.7 Å². The molecule has 1 aromatic carbocycles. The lowest BCUT2D eigenvalue weighted by Gasteiger charge is -2.15. The summed E-state index contributed by atoms with van der Waals surface area (Å²) in [6.07, 6.45) is 3.45. The zero-order chi connectivity index (χ0) is 13.9. The lowest BCUT2D eigenvalue weighted by molar-refractivity contribution is 0.568. The van der Waals surface area contributed by atoms with E-state index in [-0.39, 0.29) is 11.6 Å². The summed E-state index contributed by atoms with van der Waals surface area (Å²) in [6, 6.07) is 7.70. The number of aromatic nitrogens is 4. The van der Waals surface area contributed by atoms with Crippen LogP contribution in [-0.2, 0) is 6.54 Å². The topological polar surface area (TPSA) is 86.5 Å². The summed E-state index contributed by atoms with van der Waals surface area (Å²) in [4.78, 5) is 14.6. The molecule has 3 N–H and O–H groups in total. The highest BCUT2D eigenvalue weighted by Crippen LogP contribution is 2.20. The first-order valence-corrected chi connectivity index (χ1v) is 6.44. The average Bonchev–Trinajstić information content (AvgIpc) is 2.99. The Kier molecular flexibility index (Phi) is 3.30. The lowest BCUT2D eigenvalue weighted by atomic mass is 10.0. The van der Waals surface area contributed by atoms with Crippen molar-refractivity contribution in [1.29, 1.82) is 0 Å². The van der Waals surface area contributed by atoms with Crippen LogP contribution in [0.3, 0.4) is 0 Å². The molecule has 1 atom stereocenters. The monoisotopic (exact) mass is 269 g/mol. The van der Waals surface area contributed by atoms with Gasteiger partial charge in [-0.05, 0) is 23.9 Å². The molecule has 3 rings (SSSR count). The number of aromatic amines is 2. The molecule has 2 heterocycles. The van der Waals surface area contributed by atoms with Gasteiger partial charge in [-0.15, -0.1) is 0 Å². The zero-order valence-electron chi connectivity index (χ0n) is 11.1. The quantitative estimate of drug-likeness (QED) is 0.670. The number of H-pyrrole nitrogens is 2. The maximum Gasteiger partial charge on any atom is 0.255 e. The fourth-order valence-corrected chi connectivity index (χ4v) is 2.27. The van der Waals surface area contributed by atoms with E-state index >= 15 is 0 Å². The minimum atomic E-state index is -0.0620. The van der Waals surface area contributed by atoms with Crippen molar-refractivity contribution >= 4 is 10.8 Å². The summed E-state index contributed by atoms with van der Waals surface area (Å²) in [5.74, 6) is 0. The first kappa shape index (κ1) is 12.6. The van der Waals surface area contributed by atoms with Crippen molar-refractivity contribution in [2.75, 3.05) is 0 Å². The Morgan fingerprint density at radius 2 is 2.10 bits per heavy atom. The number of hydrogen-bond acceptors (Lipinski definition) is 4. The SMILES string of the molecule is CC(NCc1cn[nH]n1)c1c[nH]c(=O)c2ccccc12. The summed E-state index contributed by atoms with van der Waals surface area (Å²) < 4.78 is 0. The molecule has 0 saturated heterocycles. The molecule has 6 heteroatoms. The van der Waals surface area contributed by atoms with Crippen molar-refractivity contribution in [3.8, 4) is 0 Å². The van der Waals surface area contributed by atoms with Gasteiger partial charge in [-0.1, -0.05) is 18.2 Å². The Labute approximate surface area is 115 Å². The van der Waals surface area contributed by atoms with Gasteiger partial charge >= 0.3 is 0 Å². The third-order valence-electron chi connectivity index (χ3n) is 3.36. The van der Waals surface area contributed by atoms with E-state index < -0.39 is 0 Å². The predicted octanol–water partition coefficient (Wildman–Crippen LogP) is 1.50. The number of benzene rings is 1. The highest BCUT2D eigenvalue weighted by atomic mass is 16.1. The van der Waals surface area contributed by atoms with Crippen molar-refractivity contribution in [3.63, 3.8) is 0 Å². The Morgan fingerprint density at radius 3 is 2.85 bits per heavy atom. The highest BCUT2D eigenvalue weighted by Gasteiger charge is 2.11. The van der Waals surface area contributed by atoms with Gasteiger partial charge in [-0.2, -0.15) is 15.4 Å². The first-order valence-electron chi connectivity index (χ1n) is 6.44. The van der Waals surface area contributed by atoms with Crippen molar-refractivity contribution in [3.05, 3.63) is 58.3 Å². The summed E-state index contributed by atoms with van der Waals surface area (Å²) >= 11 is 0. The van der Waals surface area contributed by atoms with Crippen LogP contribution >= 0.6 is 0 Å². The van der Waals surface area contributed by atoms with E-state index in [2.05, 4.69) is 32.6 Å². The molecule has 0 aliphatic rings. The second-order valence-electron chi connectivity index (χ2n) is 4.68. The van der Waals surface area contributed by atoms with Crippen LogP contribution in [0.1, 0.15) is 24.2 Å². The lowest BCUT2D eigenvalue weighted by Crippen LogP contribution is -2.20. The molecule has 2 aromatic heterocycles. The van der Waals surface area contributed by atoms with Crippen molar-refractivity contribution in [2.24, 2.45) is 0 Å². The van der Waals surface area contributed by atoms with Gasteiger partial charge in [-0.25, -0.2) is 0 Å². The van der Waals surface area contributed by atoms with E-state index in [4.69, 9.17) is 0 Å². The molecule has 20 heavy (non-hydrogen) atoms. The van der Waals surface area contributed by atoms with Crippen LogP contribution in [0.5, 0.6) is 0 Å². The largest absolute Gasteiger partial charge is 0.328 e. The van der Waals surface area contributed by atoms with Gasteiger partial charge in [0.15, 0.2) is 0 Å². The molecule has 1 unspecified atom stereocenters. The van der Waals surface area contributed by atoms with Crippen LogP contribution < -0.4 is 10.9 Å². The van der Waals surface area contributed by atoms with Crippen molar-refractivity contribution in [2.45, 2.75) is 19.5 Å². The number of pyridine rings is 1. The van der Waals surface area contributed by atoms with Gasteiger partial charge in [0.2, 0.25) is 0 Å². The first-order chi connectivity index (χ1) is 9.75. The fourth-order valence-electron chi connectivity index (χ4n) is 2.27. The molecule has 0 aliphatic carbocycles. The fraction of sp³-hybridized carbons (Fsp3) is 0.214. The van der Waals surface area contributed by atoms with Gasteiger partial charge in [0.1, 0.15) is 0 Å². The molecule has 0 radical (unpaired) electrons. The molecule has 102 valence electrons. The van der Waals surface area contributed by atoms with E-state index in [1.807, 2.05) is 24.3 Å². The summed E-state index contributed by atoms with van der Waals surface area (Å²) in [5, 5.41) is 15.4. The number of fused-ring (bicyclic) bond motifs is 1. The Morgan fingerprint density at radius 1 is 1.30 bits per heavy atom. The number of rotatable bonds is 4. The van der Waals surface area contributed by atoms with Crippen molar-refractivity contribution < 1.29 is 0 Å². The van der Waals surface area contributed by atoms with Crippen LogP contribution in [0, 0.1) is 0 Å². The van der Waals surface area contributed by atoms with Crippen LogP contribution in [0.25, 0.3) is 10.8 Å². The van der Waals surface area contributed by atoms with E-state index in [0.29, 0.717) is 11.9 Å². The molecule has 0 aliphatic heterocycles. The second kappa shape index (κ2) is 5.26. The summed E-state index contributed by atoms with van der Waals surface area (Å²) in [6.45, 7) is 2.67. The molecule has 0 spiro atoms. The predicted molar refractivity (Wildman–Crippen MR) is 76.2 cm³/mol. The molecular weight excluding hydrogens is 254 g/mol. The highest BCUT2D eigenvalue weighted by molar-refractivity contribution is 5.84. The third kappa shape index (κ3) is 2.33. The van der Waals surface area contributed by atoms with E-state index in [0.717, 1.165) is 16.6 Å². The van der Waals surface area contributed by atoms with E-state index in [9.17, 15) is 4.79 Å². The second-order valence-corrected chi connectivity index (χ2v) is 4.68. The molecule has 0 saturated carbocycles. The maximum absolute atomic E-state index is 11.8. The normalized spacial score (nSPS) is 12.7. The van der Waals surface area contributed by atoms with E-state index in [1.165, 1.54) is 0 Å². The van der Waals surface area contributed by atoms with E-state index in [1.54, 1.807) is 12.4 Å². The van der Waals surface area contributed by atoms with Gasteiger partial charge in [0.25, 0.3) is 5.56 Å². The van der Waals surface area contributed by atoms with Crippen LogP contribution in [0.2, 0.25) is 0 Å². The van der Waals surface area contributed by atoms with Gasteiger partial charge in [0, 0.05) is 24.2 Å². The molecule has 0 amide bonds. The maximum atomic E-state index is 11.8. The van der Waals surface area contributed by atoms with Gasteiger partial charge < -0.3 is 10.3 Å². The molecule has 3 aromatic rings. The Hall–Kier alpha value is -2.47. The summed E-state index contributed by atoms with van der Waals surface area (Å²) in [7, 11) is 0. The van der Waals surface area contributed by atoms with Crippen LogP contribution in [-0.4, -0.2) is 20.4 Å². The molecule has 0 bridgehead atoms. The minimum Gasteiger partial charge on any atom is -0.328 e. The Bertz CT molecular complexity index is 763. The number of nitrogens with one attached hydrogen (secondary N) is 3. The smallest absolute Gasteiger partial charge is 0.255 e. The van der Waals surface area contributed by atoms with Crippen LogP contribution in [0.15, 0.2) is 41.5 Å². The average molecular weight is 269 g/mol. The summed E-state index contributed by atoms with van der Waals surface area (Å²) in [5.41, 5.74) is 1.85. The van der Waals surface area contributed by atoms with Gasteiger partial charge in [0.05, 0.1) is 11.9 Å². The standard InChI is InChI=1S/C14H15N5O/c1-9(15-6-10-7-17-19-18-10)13-8-16-14(20)12-5-3-2-4-11(12)13/h2-5,7-9,15H,6H2,1H3,(H,16,20)(H,17,18,19). The minimum absolute atomic E-state index is 0.0620. The molecular formula is C14H15N5O. The van der Waals surface area contributed by atoms with Gasteiger partial charge in [-0.3, -0.25) is 4.79 Å². The third-order valence-corrected chi connectivity index (χ3v) is 3.36. The molecule has 6 nitrogen and oxygen atoms in total. The van der Waals surface area contributed by atoms with Crippen LogP contribution in [0.4, 0.5) is 0 Å². The number of nitrogens with zero attached hydrogens (tertiary/aromatic N) is 2. The Balaban J connectivity index is 1.89. The zero-order valence-corrected chi connectivity index (χ0v) is 11.1. The molecule has 0 fully saturated rings. The number of hydrogen-bond donors (Lipinski definition) is 3.